The van der Waals surface area contributed by atoms with Crippen LogP contribution in [0.3, 0.4) is 0 Å². The molecule has 0 bridgehead atoms. The molecule has 3 heteroatoms. The molecule has 1 aromatic rings. The first-order chi connectivity index (χ1) is 4.77. The summed E-state index contributed by atoms with van der Waals surface area (Å²) in [6, 6.07) is 4.69. The predicted octanol–water partition coefficient (Wildman–Crippen LogP) is 1.49. The van der Waals surface area contributed by atoms with E-state index in [1.807, 2.05) is 0 Å². The molecule has 1 aliphatic rings. The number of carboxylic acids is 1. The highest BCUT2D eigenvalue weighted by Gasteiger charge is 2.20. The number of aromatic carboxylic acids is 1. The number of hydrogen-bond acceptors (Lipinski definition) is 2. The molecule has 1 heterocycles. The molecule has 50 valence electrons. The molecule has 1 N–H and O–H groups in total. The molecular formula is C7H4O3. The van der Waals surface area contributed by atoms with Gasteiger partial charge in [0, 0.05) is 0 Å². The smallest absolute Gasteiger partial charge is 0.335 e. The average Bonchev–Trinajstić information content (AvgIpc) is 2.63. The molecule has 2 rings (SSSR count). The Labute approximate surface area is 56.9 Å². The van der Waals surface area contributed by atoms with E-state index in [9.17, 15) is 4.79 Å². The highest BCUT2D eigenvalue weighted by Crippen LogP contribution is 2.45. The first kappa shape index (κ1) is 5.29. The van der Waals surface area contributed by atoms with E-state index >= 15 is 0 Å². The summed E-state index contributed by atoms with van der Waals surface area (Å²) in [5, 5.41) is 8.48. The molecule has 0 aliphatic carbocycles. The molecule has 0 spiro atoms. The van der Waals surface area contributed by atoms with Crippen LogP contribution in [-0.2, 0) is 0 Å². The Morgan fingerprint density at radius 1 is 1.40 bits per heavy atom. The molecule has 0 fully saturated rings. The van der Waals surface area contributed by atoms with Gasteiger partial charge in [-0.1, -0.05) is 0 Å². The van der Waals surface area contributed by atoms with Crippen LogP contribution < -0.4 is 4.74 Å². The average molecular weight is 136 g/mol. The van der Waals surface area contributed by atoms with Crippen molar-refractivity contribution in [3.8, 4) is 11.5 Å². The standard InChI is InChI=1S/C7H4O3/c8-7(9)4-1-2-5-6(3-4)10-5/h1-3H,(H,8,9). The van der Waals surface area contributed by atoms with Gasteiger partial charge >= 0.3 is 5.97 Å². The lowest BCUT2D eigenvalue weighted by Gasteiger charge is -1.85. The molecule has 0 radical (unpaired) electrons. The minimum atomic E-state index is -0.918. The summed E-state index contributed by atoms with van der Waals surface area (Å²) in [4.78, 5) is 10.3. The van der Waals surface area contributed by atoms with Crippen molar-refractivity contribution < 1.29 is 14.6 Å². The van der Waals surface area contributed by atoms with Crippen molar-refractivity contribution in [2.24, 2.45) is 0 Å². The van der Waals surface area contributed by atoms with E-state index in [1.54, 1.807) is 6.07 Å². The van der Waals surface area contributed by atoms with Crippen LogP contribution in [0.4, 0.5) is 0 Å². The number of rotatable bonds is 1. The number of ether oxygens (including phenoxy) is 1. The highest BCUT2D eigenvalue weighted by molar-refractivity contribution is 5.89. The van der Waals surface area contributed by atoms with Crippen LogP contribution in [0.1, 0.15) is 10.4 Å². The van der Waals surface area contributed by atoms with Crippen LogP contribution in [0.25, 0.3) is 0 Å². The van der Waals surface area contributed by atoms with Gasteiger partial charge in [0.25, 0.3) is 0 Å². The van der Waals surface area contributed by atoms with Crippen LogP contribution in [0, 0.1) is 0 Å². The lowest BCUT2D eigenvalue weighted by Crippen LogP contribution is -1.92. The summed E-state index contributed by atoms with van der Waals surface area (Å²) >= 11 is 0. The second-order valence-electron chi connectivity index (χ2n) is 2.07. The Morgan fingerprint density at radius 3 is 2.80 bits per heavy atom. The molecule has 1 aromatic carbocycles. The third-order valence-electron chi connectivity index (χ3n) is 1.37. The summed E-state index contributed by atoms with van der Waals surface area (Å²) in [6.07, 6.45) is 0. The fourth-order valence-corrected chi connectivity index (χ4v) is 0.798. The van der Waals surface area contributed by atoms with Gasteiger partial charge in [-0.15, -0.1) is 0 Å². The van der Waals surface area contributed by atoms with Crippen molar-refractivity contribution in [2.75, 3.05) is 0 Å². The SMILES string of the molecule is O=C(O)c1ccc2c(c1)O2. The van der Waals surface area contributed by atoms with E-state index in [1.165, 1.54) is 12.1 Å². The molecule has 0 saturated carbocycles. The topological polar surface area (TPSA) is 49.8 Å². The van der Waals surface area contributed by atoms with Gasteiger partial charge in [-0.25, -0.2) is 4.79 Å². The minimum absolute atomic E-state index is 0.274. The quantitative estimate of drug-likeness (QED) is 0.604. The number of fused-ring (bicyclic) bond motifs is 1. The van der Waals surface area contributed by atoms with Crippen LogP contribution in [0.2, 0.25) is 0 Å². The maximum Gasteiger partial charge on any atom is 0.335 e. The molecule has 0 atom stereocenters. The van der Waals surface area contributed by atoms with Gasteiger partial charge in [-0.2, -0.15) is 0 Å². The van der Waals surface area contributed by atoms with Crippen LogP contribution >= 0.6 is 0 Å². The number of carboxylic acid groups (broad SMARTS) is 1. The Hall–Kier alpha value is -1.51. The predicted molar refractivity (Wildman–Crippen MR) is 33.5 cm³/mol. The third kappa shape index (κ3) is 0.639. The lowest BCUT2D eigenvalue weighted by molar-refractivity contribution is 0.0697. The zero-order valence-electron chi connectivity index (χ0n) is 5.00. The first-order valence-corrected chi connectivity index (χ1v) is 2.82. The van der Waals surface area contributed by atoms with Gasteiger partial charge in [0.1, 0.15) is 0 Å². The second-order valence-corrected chi connectivity index (χ2v) is 2.07. The van der Waals surface area contributed by atoms with E-state index < -0.39 is 5.97 Å². The highest BCUT2D eigenvalue weighted by atomic mass is 16.6. The second kappa shape index (κ2) is 1.50. The van der Waals surface area contributed by atoms with E-state index in [0.717, 1.165) is 5.75 Å². The number of carbonyl (C=O) groups is 1. The van der Waals surface area contributed by atoms with Gasteiger partial charge in [0.15, 0.2) is 11.5 Å². The third-order valence-corrected chi connectivity index (χ3v) is 1.37. The Kier molecular flexibility index (Phi) is 0.795. The van der Waals surface area contributed by atoms with Gasteiger partial charge in [-0.3, -0.25) is 0 Å². The van der Waals surface area contributed by atoms with Crippen LogP contribution in [0.15, 0.2) is 18.2 Å². The summed E-state index contributed by atoms with van der Waals surface area (Å²) in [7, 11) is 0. The van der Waals surface area contributed by atoms with Crippen molar-refractivity contribution in [2.45, 2.75) is 0 Å². The Balaban J connectivity index is 2.48. The van der Waals surface area contributed by atoms with Crippen molar-refractivity contribution in [3.63, 3.8) is 0 Å². The fraction of sp³-hybridized carbons (Fsp3) is 0. The monoisotopic (exact) mass is 136 g/mol. The van der Waals surface area contributed by atoms with E-state index in [-0.39, 0.29) is 5.56 Å². The fourth-order valence-electron chi connectivity index (χ4n) is 0.798. The minimum Gasteiger partial charge on any atom is -0.478 e. The molecule has 0 amide bonds. The van der Waals surface area contributed by atoms with E-state index in [4.69, 9.17) is 9.84 Å². The zero-order valence-corrected chi connectivity index (χ0v) is 5.00. The number of benzene rings is 1. The summed E-state index contributed by atoms with van der Waals surface area (Å²) in [6.45, 7) is 0. The van der Waals surface area contributed by atoms with Crippen molar-refractivity contribution in [1.82, 2.24) is 0 Å². The lowest BCUT2D eigenvalue weighted by atomic mass is 10.2. The van der Waals surface area contributed by atoms with Gasteiger partial charge in [-0.05, 0) is 18.2 Å². The number of hydrogen-bond donors (Lipinski definition) is 1. The Morgan fingerprint density at radius 2 is 2.20 bits per heavy atom. The largest absolute Gasteiger partial charge is 0.478 e. The van der Waals surface area contributed by atoms with Crippen molar-refractivity contribution in [1.29, 1.82) is 0 Å². The van der Waals surface area contributed by atoms with Gasteiger partial charge < -0.3 is 9.84 Å². The van der Waals surface area contributed by atoms with Crippen LogP contribution in [-0.4, -0.2) is 11.1 Å². The van der Waals surface area contributed by atoms with Crippen LogP contribution in [0.5, 0.6) is 11.5 Å². The summed E-state index contributed by atoms with van der Waals surface area (Å²) < 4.78 is 4.86. The molecule has 10 heavy (non-hydrogen) atoms. The maximum atomic E-state index is 10.3. The van der Waals surface area contributed by atoms with Crippen molar-refractivity contribution in [3.05, 3.63) is 23.8 Å². The maximum absolute atomic E-state index is 10.3. The van der Waals surface area contributed by atoms with E-state index in [2.05, 4.69) is 0 Å². The van der Waals surface area contributed by atoms with Crippen molar-refractivity contribution >= 4 is 5.97 Å². The molecule has 3 nitrogen and oxygen atoms in total. The van der Waals surface area contributed by atoms with E-state index in [0.29, 0.717) is 5.75 Å². The molecular weight excluding hydrogens is 132 g/mol. The van der Waals surface area contributed by atoms with Gasteiger partial charge in [0.2, 0.25) is 0 Å². The molecule has 0 aromatic heterocycles. The molecule has 0 saturated heterocycles. The van der Waals surface area contributed by atoms with Gasteiger partial charge in [0.05, 0.1) is 5.56 Å². The summed E-state index contributed by atoms with van der Waals surface area (Å²) in [5.41, 5.74) is 0.274. The molecule has 1 aliphatic heterocycles. The summed E-state index contributed by atoms with van der Waals surface area (Å²) in [5.74, 6) is 0.545. The molecule has 0 unspecified atom stereocenters. The Bertz CT molecular complexity index is 304. The zero-order chi connectivity index (χ0) is 7.14. The normalized spacial score (nSPS) is 11.6. The first-order valence-electron chi connectivity index (χ1n) is 2.82.